The molecule has 5 nitrogen and oxygen atoms in total. The molecule has 1 aliphatic heterocycles. The third-order valence-corrected chi connectivity index (χ3v) is 3.56. The second kappa shape index (κ2) is 4.28. The highest BCUT2D eigenvalue weighted by Crippen LogP contribution is 2.36. The van der Waals surface area contributed by atoms with Crippen LogP contribution in [0.1, 0.15) is 10.5 Å². The van der Waals surface area contributed by atoms with Crippen molar-refractivity contribution in [2.24, 2.45) is 0 Å². The number of aromatic carboxylic acids is 1. The molecule has 2 aromatic carbocycles. The zero-order valence-electron chi connectivity index (χ0n) is 10.9. The molecule has 0 unspecified atom stereocenters. The number of rotatable bonds is 2. The van der Waals surface area contributed by atoms with Gasteiger partial charge in [-0.3, -0.25) is 0 Å². The molecule has 0 fully saturated rings. The van der Waals surface area contributed by atoms with Crippen molar-refractivity contribution in [1.82, 2.24) is 4.98 Å². The number of hydrogen-bond donors (Lipinski definition) is 2. The Hall–Kier alpha value is -2.95. The van der Waals surface area contributed by atoms with E-state index in [-0.39, 0.29) is 12.5 Å². The number of aromatic nitrogens is 1. The fourth-order valence-corrected chi connectivity index (χ4v) is 2.50. The molecule has 5 heteroatoms. The summed E-state index contributed by atoms with van der Waals surface area (Å²) in [5, 5.41) is 9.88. The predicted molar refractivity (Wildman–Crippen MR) is 76.8 cm³/mol. The second-order valence-electron chi connectivity index (χ2n) is 4.86. The van der Waals surface area contributed by atoms with Crippen LogP contribution in [0.3, 0.4) is 0 Å². The molecule has 0 atom stereocenters. The van der Waals surface area contributed by atoms with Crippen LogP contribution in [0, 0.1) is 0 Å². The number of hydrogen-bond acceptors (Lipinski definition) is 3. The number of carboxylic acid groups (broad SMARTS) is 1. The Morgan fingerprint density at radius 3 is 2.62 bits per heavy atom. The average molecular weight is 281 g/mol. The summed E-state index contributed by atoms with van der Waals surface area (Å²) in [6, 6.07) is 13.2. The minimum Gasteiger partial charge on any atom is -0.477 e. The number of aromatic amines is 1. The molecule has 3 aromatic rings. The first-order chi connectivity index (χ1) is 10.2. The number of benzene rings is 2. The SMILES string of the molecule is O=C(O)c1cc2cc(-c3ccc4c(c3)OCO4)ccc2[nH]1. The molecule has 4 rings (SSSR count). The molecule has 0 spiro atoms. The summed E-state index contributed by atoms with van der Waals surface area (Å²) in [4.78, 5) is 13.9. The van der Waals surface area contributed by atoms with E-state index in [0.29, 0.717) is 0 Å². The van der Waals surface area contributed by atoms with Crippen molar-refractivity contribution in [3.8, 4) is 22.6 Å². The molecule has 2 N–H and O–H groups in total. The summed E-state index contributed by atoms with van der Waals surface area (Å²) in [5.74, 6) is 0.512. The summed E-state index contributed by atoms with van der Waals surface area (Å²) in [5.41, 5.74) is 2.99. The Morgan fingerprint density at radius 2 is 1.76 bits per heavy atom. The highest BCUT2D eigenvalue weighted by molar-refractivity contribution is 5.95. The molecule has 0 bridgehead atoms. The van der Waals surface area contributed by atoms with Gasteiger partial charge in [0, 0.05) is 10.9 Å². The number of nitrogens with one attached hydrogen (secondary N) is 1. The van der Waals surface area contributed by atoms with Crippen LogP contribution in [0.25, 0.3) is 22.0 Å². The second-order valence-corrected chi connectivity index (χ2v) is 4.86. The van der Waals surface area contributed by atoms with Gasteiger partial charge in [-0.15, -0.1) is 0 Å². The first kappa shape index (κ1) is 11.8. The van der Waals surface area contributed by atoms with Crippen LogP contribution < -0.4 is 9.47 Å². The molecule has 0 amide bonds. The number of carboxylic acids is 1. The maximum absolute atomic E-state index is 11.0. The summed E-state index contributed by atoms with van der Waals surface area (Å²) >= 11 is 0. The van der Waals surface area contributed by atoms with Crippen LogP contribution in [0.4, 0.5) is 0 Å². The van der Waals surface area contributed by atoms with E-state index in [1.165, 1.54) is 0 Å². The quantitative estimate of drug-likeness (QED) is 0.756. The zero-order valence-corrected chi connectivity index (χ0v) is 10.9. The first-order valence-corrected chi connectivity index (χ1v) is 6.47. The lowest BCUT2D eigenvalue weighted by atomic mass is 10.0. The van der Waals surface area contributed by atoms with E-state index in [9.17, 15) is 4.79 Å². The Morgan fingerprint density at radius 1 is 1.00 bits per heavy atom. The van der Waals surface area contributed by atoms with E-state index in [1.54, 1.807) is 6.07 Å². The smallest absolute Gasteiger partial charge is 0.352 e. The first-order valence-electron chi connectivity index (χ1n) is 6.47. The van der Waals surface area contributed by atoms with E-state index in [2.05, 4.69) is 4.98 Å². The van der Waals surface area contributed by atoms with Crippen molar-refractivity contribution >= 4 is 16.9 Å². The van der Waals surface area contributed by atoms with E-state index in [0.717, 1.165) is 33.5 Å². The lowest BCUT2D eigenvalue weighted by Gasteiger charge is -2.03. The molecule has 0 aliphatic carbocycles. The Kier molecular flexibility index (Phi) is 2.41. The van der Waals surface area contributed by atoms with Gasteiger partial charge in [0.25, 0.3) is 0 Å². The molecule has 1 aliphatic rings. The molecule has 0 saturated heterocycles. The van der Waals surface area contributed by atoms with Gasteiger partial charge in [0.05, 0.1) is 0 Å². The molecule has 2 heterocycles. The maximum Gasteiger partial charge on any atom is 0.352 e. The van der Waals surface area contributed by atoms with Gasteiger partial charge in [0.15, 0.2) is 11.5 Å². The van der Waals surface area contributed by atoms with Crippen LogP contribution in [0.15, 0.2) is 42.5 Å². The van der Waals surface area contributed by atoms with Gasteiger partial charge in [-0.2, -0.15) is 0 Å². The third-order valence-electron chi connectivity index (χ3n) is 3.56. The van der Waals surface area contributed by atoms with Crippen LogP contribution >= 0.6 is 0 Å². The van der Waals surface area contributed by atoms with Gasteiger partial charge >= 0.3 is 5.97 Å². The van der Waals surface area contributed by atoms with Gasteiger partial charge in [-0.1, -0.05) is 12.1 Å². The highest BCUT2D eigenvalue weighted by Gasteiger charge is 2.14. The fourth-order valence-electron chi connectivity index (χ4n) is 2.50. The Bertz CT molecular complexity index is 866. The topological polar surface area (TPSA) is 71.6 Å². The number of fused-ring (bicyclic) bond motifs is 2. The van der Waals surface area contributed by atoms with E-state index < -0.39 is 5.97 Å². The van der Waals surface area contributed by atoms with Crippen molar-refractivity contribution in [3.63, 3.8) is 0 Å². The molecule has 104 valence electrons. The van der Waals surface area contributed by atoms with Crippen LogP contribution in [0.2, 0.25) is 0 Å². The molecule has 0 saturated carbocycles. The summed E-state index contributed by atoms with van der Waals surface area (Å²) in [6.45, 7) is 0.248. The normalized spacial score (nSPS) is 12.8. The van der Waals surface area contributed by atoms with E-state index in [4.69, 9.17) is 14.6 Å². The van der Waals surface area contributed by atoms with Gasteiger partial charge in [0.1, 0.15) is 5.69 Å². The number of carbonyl (C=O) groups is 1. The lowest BCUT2D eigenvalue weighted by molar-refractivity contribution is 0.0691. The molecule has 0 radical (unpaired) electrons. The fraction of sp³-hybridized carbons (Fsp3) is 0.0625. The standard InChI is InChI=1S/C16H11NO4/c18-16(19)13-6-11-5-9(1-3-12(11)17-13)10-2-4-14-15(7-10)21-8-20-14/h1-7,17H,8H2,(H,18,19). The Labute approximate surface area is 119 Å². The van der Waals surface area contributed by atoms with Gasteiger partial charge in [-0.25, -0.2) is 4.79 Å². The van der Waals surface area contributed by atoms with E-state index >= 15 is 0 Å². The molecular formula is C16H11NO4. The molecular weight excluding hydrogens is 270 g/mol. The van der Waals surface area contributed by atoms with Crippen molar-refractivity contribution in [1.29, 1.82) is 0 Å². The van der Waals surface area contributed by atoms with Gasteiger partial charge in [-0.05, 0) is 41.5 Å². The third kappa shape index (κ3) is 1.90. The zero-order chi connectivity index (χ0) is 14.4. The summed E-state index contributed by atoms with van der Waals surface area (Å²) < 4.78 is 10.7. The van der Waals surface area contributed by atoms with Gasteiger partial charge in [0.2, 0.25) is 6.79 Å². The number of H-pyrrole nitrogens is 1. The van der Waals surface area contributed by atoms with Gasteiger partial charge < -0.3 is 19.6 Å². The minimum atomic E-state index is -0.962. The van der Waals surface area contributed by atoms with Crippen molar-refractivity contribution in [3.05, 3.63) is 48.2 Å². The Balaban J connectivity index is 1.81. The monoisotopic (exact) mass is 281 g/mol. The van der Waals surface area contributed by atoms with Crippen molar-refractivity contribution in [2.45, 2.75) is 0 Å². The van der Waals surface area contributed by atoms with Crippen LogP contribution in [-0.2, 0) is 0 Å². The minimum absolute atomic E-state index is 0.188. The summed E-state index contributed by atoms with van der Waals surface area (Å²) in [6.07, 6.45) is 0. The average Bonchev–Trinajstić information content (AvgIpc) is 3.12. The molecule has 1 aromatic heterocycles. The number of ether oxygens (including phenoxy) is 2. The predicted octanol–water partition coefficient (Wildman–Crippen LogP) is 3.26. The van der Waals surface area contributed by atoms with Crippen molar-refractivity contribution in [2.75, 3.05) is 6.79 Å². The summed E-state index contributed by atoms with van der Waals surface area (Å²) in [7, 11) is 0. The van der Waals surface area contributed by atoms with Crippen molar-refractivity contribution < 1.29 is 19.4 Å². The molecule has 21 heavy (non-hydrogen) atoms. The highest BCUT2D eigenvalue weighted by atomic mass is 16.7. The van der Waals surface area contributed by atoms with Crippen LogP contribution in [-0.4, -0.2) is 22.9 Å². The van der Waals surface area contributed by atoms with E-state index in [1.807, 2.05) is 36.4 Å². The van der Waals surface area contributed by atoms with Crippen LogP contribution in [0.5, 0.6) is 11.5 Å². The maximum atomic E-state index is 11.0. The largest absolute Gasteiger partial charge is 0.477 e. The lowest BCUT2D eigenvalue weighted by Crippen LogP contribution is -1.94.